The summed E-state index contributed by atoms with van der Waals surface area (Å²) >= 11 is 0. The lowest BCUT2D eigenvalue weighted by atomic mass is 9.85. The fourth-order valence-electron chi connectivity index (χ4n) is 2.17. The number of rotatable bonds is 4. The minimum Gasteiger partial charge on any atom is -0.444 e. The summed E-state index contributed by atoms with van der Waals surface area (Å²) in [5.41, 5.74) is -2.18. The van der Waals surface area contributed by atoms with Crippen molar-refractivity contribution >= 4 is 16.2 Å². The Morgan fingerprint density at radius 2 is 1.86 bits per heavy atom. The summed E-state index contributed by atoms with van der Waals surface area (Å²) in [7, 11) is -3.52. The molecule has 0 aromatic carbocycles. The highest BCUT2D eigenvalue weighted by molar-refractivity contribution is 7.86. The Morgan fingerprint density at radius 3 is 2.29 bits per heavy atom. The number of nitrogens with one attached hydrogen (secondary N) is 1. The van der Waals surface area contributed by atoms with Gasteiger partial charge in [-0.15, -0.1) is 0 Å². The smallest absolute Gasteiger partial charge is 0.407 e. The number of amides is 1. The van der Waals surface area contributed by atoms with Crippen LogP contribution in [0.2, 0.25) is 0 Å². The average Bonchev–Trinajstić information content (AvgIpc) is 2.26. The molecule has 1 aliphatic carbocycles. The summed E-state index contributed by atoms with van der Waals surface area (Å²) in [6.07, 6.45) is 0.735. The number of alkyl carbamates (subject to hydrolysis) is 1. The Balaban J connectivity index is 2.39. The molecule has 1 aliphatic rings. The van der Waals surface area contributed by atoms with Crippen molar-refractivity contribution in [2.45, 2.75) is 63.8 Å². The maximum absolute atomic E-state index is 14.5. The molecule has 8 heteroatoms. The number of carbonyl (C=O) groups excluding carboxylic acids is 1. The maximum Gasteiger partial charge on any atom is 0.407 e. The Labute approximate surface area is 125 Å². The third kappa shape index (κ3) is 7.61. The third-order valence-corrected chi connectivity index (χ3v) is 3.71. The van der Waals surface area contributed by atoms with E-state index in [2.05, 4.69) is 5.32 Å². The third-order valence-electron chi connectivity index (χ3n) is 3.09. The number of hydrogen-bond donors (Lipinski definition) is 1. The van der Waals surface area contributed by atoms with Crippen LogP contribution in [0.25, 0.3) is 0 Å². The van der Waals surface area contributed by atoms with Crippen LogP contribution in [0.4, 0.5) is 9.18 Å². The highest BCUT2D eigenvalue weighted by atomic mass is 32.2. The Hall–Kier alpha value is -0.890. The van der Waals surface area contributed by atoms with Crippen LogP contribution in [-0.4, -0.2) is 44.7 Å². The number of ether oxygens (including phenoxy) is 1. The van der Waals surface area contributed by atoms with Crippen molar-refractivity contribution in [2.24, 2.45) is 0 Å². The number of alkyl halides is 1. The predicted octanol–water partition coefficient (Wildman–Crippen LogP) is 2.14. The summed E-state index contributed by atoms with van der Waals surface area (Å²) in [6.45, 7) is 5.04. The fourth-order valence-corrected chi connectivity index (χ4v) is 2.86. The van der Waals surface area contributed by atoms with Crippen LogP contribution >= 0.6 is 0 Å². The monoisotopic (exact) mass is 325 g/mol. The van der Waals surface area contributed by atoms with Gasteiger partial charge in [0.25, 0.3) is 10.1 Å². The average molecular weight is 325 g/mol. The van der Waals surface area contributed by atoms with E-state index in [1.54, 1.807) is 20.8 Å². The van der Waals surface area contributed by atoms with Crippen molar-refractivity contribution in [3.63, 3.8) is 0 Å². The molecule has 0 saturated heterocycles. The van der Waals surface area contributed by atoms with Crippen LogP contribution in [0.15, 0.2) is 0 Å². The minimum absolute atomic E-state index is 0.142. The summed E-state index contributed by atoms with van der Waals surface area (Å²) in [4.78, 5) is 11.5. The van der Waals surface area contributed by atoms with Gasteiger partial charge in [-0.1, -0.05) is 0 Å². The minimum atomic E-state index is -3.52. The van der Waals surface area contributed by atoms with E-state index < -0.39 is 33.6 Å². The van der Waals surface area contributed by atoms with E-state index in [-0.39, 0.29) is 19.4 Å². The van der Waals surface area contributed by atoms with Gasteiger partial charge >= 0.3 is 6.09 Å². The first-order chi connectivity index (χ1) is 9.39. The zero-order chi connectivity index (χ0) is 16.3. The van der Waals surface area contributed by atoms with Crippen molar-refractivity contribution in [2.75, 3.05) is 12.8 Å². The van der Waals surface area contributed by atoms with Crippen LogP contribution < -0.4 is 5.32 Å². The van der Waals surface area contributed by atoms with E-state index in [0.717, 1.165) is 6.26 Å². The summed E-state index contributed by atoms with van der Waals surface area (Å²) in [6, 6.07) is 0. The van der Waals surface area contributed by atoms with Crippen molar-refractivity contribution in [3.05, 3.63) is 0 Å². The summed E-state index contributed by atoms with van der Waals surface area (Å²) < 4.78 is 46.4. The number of carbonyl (C=O) groups is 1. The largest absolute Gasteiger partial charge is 0.444 e. The van der Waals surface area contributed by atoms with Crippen LogP contribution in [0.5, 0.6) is 0 Å². The highest BCUT2D eigenvalue weighted by Gasteiger charge is 2.37. The lowest BCUT2D eigenvalue weighted by molar-refractivity contribution is 0.0316. The molecule has 0 radical (unpaired) electrons. The number of halogens is 1. The molecule has 0 unspecified atom stereocenters. The molecular weight excluding hydrogens is 301 g/mol. The van der Waals surface area contributed by atoms with Gasteiger partial charge in [-0.2, -0.15) is 8.42 Å². The molecule has 0 aromatic rings. The van der Waals surface area contributed by atoms with Crippen molar-refractivity contribution in [1.29, 1.82) is 0 Å². The standard InChI is InChI=1S/C13H24FNO5S/c1-12(2,3)19-11(16)15-9-13(14)7-5-10(6-8-13)20-21(4,17)18/h10H,5-9H2,1-4H3,(H,15,16)/t10-,13-. The molecule has 124 valence electrons. The van der Waals surface area contributed by atoms with E-state index >= 15 is 0 Å². The van der Waals surface area contributed by atoms with Crippen molar-refractivity contribution in [3.8, 4) is 0 Å². The van der Waals surface area contributed by atoms with Crippen LogP contribution in [-0.2, 0) is 19.0 Å². The molecule has 1 N–H and O–H groups in total. The molecular formula is C13H24FNO5S. The van der Waals surface area contributed by atoms with Gasteiger partial charge in [-0.05, 0) is 46.5 Å². The van der Waals surface area contributed by atoms with E-state index in [0.29, 0.717) is 12.8 Å². The first-order valence-electron chi connectivity index (χ1n) is 6.93. The fraction of sp³-hybridized carbons (Fsp3) is 0.923. The zero-order valence-electron chi connectivity index (χ0n) is 12.9. The molecule has 0 heterocycles. The van der Waals surface area contributed by atoms with Crippen LogP contribution in [0.1, 0.15) is 46.5 Å². The second-order valence-electron chi connectivity index (χ2n) is 6.51. The SMILES string of the molecule is CC(C)(C)OC(=O)NC[C@]1(F)CC[C@H](OS(C)(=O)=O)CC1. The van der Waals surface area contributed by atoms with E-state index in [4.69, 9.17) is 8.92 Å². The molecule has 6 nitrogen and oxygen atoms in total. The molecule has 0 atom stereocenters. The molecule has 1 saturated carbocycles. The quantitative estimate of drug-likeness (QED) is 0.801. The molecule has 0 aliphatic heterocycles. The zero-order valence-corrected chi connectivity index (χ0v) is 13.8. The lowest BCUT2D eigenvalue weighted by Crippen LogP contribution is -2.45. The summed E-state index contributed by atoms with van der Waals surface area (Å²) in [5.74, 6) is 0. The Kier molecular flexibility index (Phi) is 5.60. The second kappa shape index (κ2) is 6.48. The maximum atomic E-state index is 14.5. The lowest BCUT2D eigenvalue weighted by Gasteiger charge is -2.33. The number of hydrogen-bond acceptors (Lipinski definition) is 5. The molecule has 0 bridgehead atoms. The van der Waals surface area contributed by atoms with Crippen LogP contribution in [0.3, 0.4) is 0 Å². The highest BCUT2D eigenvalue weighted by Crippen LogP contribution is 2.33. The molecule has 21 heavy (non-hydrogen) atoms. The molecule has 1 amide bonds. The van der Waals surface area contributed by atoms with E-state index in [1.165, 1.54) is 0 Å². The van der Waals surface area contributed by atoms with Gasteiger partial charge in [0.15, 0.2) is 0 Å². The summed E-state index contributed by atoms with van der Waals surface area (Å²) in [5, 5.41) is 2.42. The first-order valence-corrected chi connectivity index (χ1v) is 8.74. The van der Waals surface area contributed by atoms with Gasteiger partial charge in [0, 0.05) is 0 Å². The van der Waals surface area contributed by atoms with Gasteiger partial charge in [-0.3, -0.25) is 4.18 Å². The molecule has 1 fully saturated rings. The van der Waals surface area contributed by atoms with Gasteiger partial charge in [-0.25, -0.2) is 9.18 Å². The Morgan fingerprint density at radius 1 is 1.33 bits per heavy atom. The van der Waals surface area contributed by atoms with E-state index in [1.807, 2.05) is 0 Å². The second-order valence-corrected chi connectivity index (χ2v) is 8.11. The molecule has 0 aromatic heterocycles. The van der Waals surface area contributed by atoms with Gasteiger partial charge in [0.1, 0.15) is 11.3 Å². The van der Waals surface area contributed by atoms with E-state index in [9.17, 15) is 17.6 Å². The van der Waals surface area contributed by atoms with Gasteiger partial charge < -0.3 is 10.1 Å². The first kappa shape index (κ1) is 18.2. The van der Waals surface area contributed by atoms with Crippen LogP contribution in [0, 0.1) is 0 Å². The topological polar surface area (TPSA) is 81.7 Å². The van der Waals surface area contributed by atoms with Crippen molar-refractivity contribution in [1.82, 2.24) is 5.32 Å². The normalized spacial score (nSPS) is 27.2. The van der Waals surface area contributed by atoms with Gasteiger partial charge in [0.05, 0.1) is 18.9 Å². The predicted molar refractivity (Wildman–Crippen MR) is 76.3 cm³/mol. The molecule has 0 spiro atoms. The van der Waals surface area contributed by atoms with Crippen molar-refractivity contribution < 1.29 is 26.5 Å². The Bertz CT molecular complexity index is 463. The molecule has 1 rings (SSSR count). The van der Waals surface area contributed by atoms with Gasteiger partial charge in [0.2, 0.25) is 0 Å².